The fraction of sp³-hybridized carbons (Fsp3) is 0.529. The Morgan fingerprint density at radius 3 is 2.72 bits per heavy atom. The predicted octanol–water partition coefficient (Wildman–Crippen LogP) is 0.390. The van der Waals surface area contributed by atoms with E-state index in [1.54, 1.807) is 7.11 Å². The highest BCUT2D eigenvalue weighted by Crippen LogP contribution is 2.17. The molecule has 0 bridgehead atoms. The van der Waals surface area contributed by atoms with Crippen LogP contribution in [-0.2, 0) is 25.8 Å². The summed E-state index contributed by atoms with van der Waals surface area (Å²) in [6.07, 6.45) is 1.03. The fourth-order valence-electron chi connectivity index (χ4n) is 2.90. The number of hydrogen-bond acceptors (Lipinski definition) is 5. The SMILES string of the molecule is COc1cccc(CCNC(=O)CN(C(C)=O)C2CCS(=O)(=O)C2)c1. The highest BCUT2D eigenvalue weighted by atomic mass is 32.2. The van der Waals surface area contributed by atoms with Gasteiger partial charge >= 0.3 is 0 Å². The molecule has 0 saturated carbocycles. The molecule has 1 heterocycles. The molecule has 0 aromatic heterocycles. The average molecular weight is 368 g/mol. The Labute approximate surface area is 148 Å². The molecule has 0 aliphatic carbocycles. The van der Waals surface area contributed by atoms with Crippen LogP contribution in [-0.4, -0.2) is 62.9 Å². The van der Waals surface area contributed by atoms with E-state index in [1.165, 1.54) is 11.8 Å². The summed E-state index contributed by atoms with van der Waals surface area (Å²) in [6.45, 7) is 1.67. The minimum Gasteiger partial charge on any atom is -0.497 e. The standard InChI is InChI=1S/C17H24N2O5S/c1-13(20)19(15-7-9-25(22,23)12-15)11-17(21)18-8-6-14-4-3-5-16(10-14)24-2/h3-5,10,15H,6-9,11-12H2,1-2H3,(H,18,21). The van der Waals surface area contributed by atoms with E-state index in [1.807, 2.05) is 24.3 Å². The van der Waals surface area contributed by atoms with Gasteiger partial charge in [0.25, 0.3) is 0 Å². The summed E-state index contributed by atoms with van der Waals surface area (Å²) in [5, 5.41) is 2.78. The minimum absolute atomic E-state index is 0.0658. The van der Waals surface area contributed by atoms with Gasteiger partial charge in [0, 0.05) is 19.5 Å². The number of nitrogens with one attached hydrogen (secondary N) is 1. The van der Waals surface area contributed by atoms with Crippen molar-refractivity contribution in [3.8, 4) is 5.75 Å². The third kappa shape index (κ3) is 5.74. The molecule has 1 aromatic carbocycles. The lowest BCUT2D eigenvalue weighted by Gasteiger charge is -2.26. The highest BCUT2D eigenvalue weighted by molar-refractivity contribution is 7.91. The van der Waals surface area contributed by atoms with Crippen LogP contribution in [0.3, 0.4) is 0 Å². The largest absolute Gasteiger partial charge is 0.497 e. The maximum Gasteiger partial charge on any atom is 0.239 e. The first-order chi connectivity index (χ1) is 11.8. The summed E-state index contributed by atoms with van der Waals surface area (Å²) in [4.78, 5) is 25.2. The van der Waals surface area contributed by atoms with Crippen molar-refractivity contribution in [1.29, 1.82) is 0 Å². The summed E-state index contributed by atoms with van der Waals surface area (Å²) in [6, 6.07) is 7.17. The quantitative estimate of drug-likeness (QED) is 0.752. The molecule has 2 rings (SSSR count). The molecule has 1 aliphatic heterocycles. The number of nitrogens with zero attached hydrogens (tertiary/aromatic N) is 1. The Morgan fingerprint density at radius 2 is 2.12 bits per heavy atom. The molecular formula is C17H24N2O5S. The Bertz CT molecular complexity index is 732. The van der Waals surface area contributed by atoms with Gasteiger partial charge in [-0.3, -0.25) is 9.59 Å². The lowest BCUT2D eigenvalue weighted by atomic mass is 10.1. The van der Waals surface area contributed by atoms with Crippen LogP contribution in [0.15, 0.2) is 24.3 Å². The first-order valence-electron chi connectivity index (χ1n) is 8.18. The summed E-state index contributed by atoms with van der Waals surface area (Å²) in [7, 11) is -1.51. The second kappa shape index (κ2) is 8.33. The van der Waals surface area contributed by atoms with E-state index in [4.69, 9.17) is 4.74 Å². The van der Waals surface area contributed by atoms with Crippen LogP contribution in [0.5, 0.6) is 5.75 Å². The zero-order valence-electron chi connectivity index (χ0n) is 14.5. The maximum atomic E-state index is 12.1. The van der Waals surface area contributed by atoms with Gasteiger partial charge in [-0.25, -0.2) is 8.42 Å². The number of amides is 2. The smallest absolute Gasteiger partial charge is 0.239 e. The van der Waals surface area contributed by atoms with Crippen LogP contribution in [0.4, 0.5) is 0 Å². The lowest BCUT2D eigenvalue weighted by molar-refractivity contribution is -0.136. The van der Waals surface area contributed by atoms with Crippen LogP contribution < -0.4 is 10.1 Å². The van der Waals surface area contributed by atoms with Crippen molar-refractivity contribution in [2.75, 3.05) is 31.7 Å². The Hall–Kier alpha value is -2.09. The van der Waals surface area contributed by atoms with E-state index in [9.17, 15) is 18.0 Å². The number of rotatable bonds is 7. The van der Waals surface area contributed by atoms with Crippen molar-refractivity contribution in [3.05, 3.63) is 29.8 Å². The number of benzene rings is 1. The molecule has 1 fully saturated rings. The highest BCUT2D eigenvalue weighted by Gasteiger charge is 2.34. The van der Waals surface area contributed by atoms with Gasteiger partial charge in [0.05, 0.1) is 25.2 Å². The maximum absolute atomic E-state index is 12.1. The van der Waals surface area contributed by atoms with Gasteiger partial charge in [-0.1, -0.05) is 12.1 Å². The van der Waals surface area contributed by atoms with E-state index < -0.39 is 15.9 Å². The van der Waals surface area contributed by atoms with Crippen LogP contribution in [0, 0.1) is 0 Å². The molecule has 25 heavy (non-hydrogen) atoms. The average Bonchev–Trinajstić information content (AvgIpc) is 2.92. The summed E-state index contributed by atoms with van der Waals surface area (Å²) >= 11 is 0. The molecule has 0 radical (unpaired) electrons. The molecule has 2 amide bonds. The van der Waals surface area contributed by atoms with E-state index in [-0.39, 0.29) is 29.9 Å². The van der Waals surface area contributed by atoms with Crippen molar-refractivity contribution in [2.24, 2.45) is 0 Å². The summed E-state index contributed by atoms with van der Waals surface area (Å²) in [5.41, 5.74) is 1.03. The van der Waals surface area contributed by atoms with Crippen molar-refractivity contribution >= 4 is 21.7 Å². The topological polar surface area (TPSA) is 92.8 Å². The number of hydrogen-bond donors (Lipinski definition) is 1. The van der Waals surface area contributed by atoms with Gasteiger partial charge in [0.1, 0.15) is 5.75 Å². The van der Waals surface area contributed by atoms with Crippen LogP contribution in [0.2, 0.25) is 0 Å². The van der Waals surface area contributed by atoms with Crippen molar-refractivity contribution in [2.45, 2.75) is 25.8 Å². The molecule has 0 spiro atoms. The molecule has 138 valence electrons. The van der Waals surface area contributed by atoms with Gasteiger partial charge in [0.2, 0.25) is 11.8 Å². The van der Waals surface area contributed by atoms with Crippen molar-refractivity contribution in [1.82, 2.24) is 10.2 Å². The van der Waals surface area contributed by atoms with Crippen LogP contribution in [0.25, 0.3) is 0 Å². The third-order valence-electron chi connectivity index (χ3n) is 4.24. The molecule has 1 unspecified atom stereocenters. The molecule has 7 nitrogen and oxygen atoms in total. The van der Waals surface area contributed by atoms with Crippen LogP contribution >= 0.6 is 0 Å². The van der Waals surface area contributed by atoms with Crippen molar-refractivity contribution in [3.63, 3.8) is 0 Å². The third-order valence-corrected chi connectivity index (χ3v) is 5.99. The van der Waals surface area contributed by atoms with Gasteiger partial charge in [0.15, 0.2) is 9.84 Å². The minimum atomic E-state index is -3.11. The molecule has 1 atom stereocenters. The van der Waals surface area contributed by atoms with E-state index >= 15 is 0 Å². The van der Waals surface area contributed by atoms with Gasteiger partial charge in [-0.05, 0) is 30.5 Å². The Morgan fingerprint density at radius 1 is 1.36 bits per heavy atom. The zero-order chi connectivity index (χ0) is 18.4. The van der Waals surface area contributed by atoms with Gasteiger partial charge < -0.3 is 15.0 Å². The van der Waals surface area contributed by atoms with E-state index in [0.717, 1.165) is 11.3 Å². The molecule has 1 aromatic rings. The number of sulfone groups is 1. The first-order valence-corrected chi connectivity index (χ1v) is 10.00. The van der Waals surface area contributed by atoms with E-state index in [2.05, 4.69) is 5.32 Å². The van der Waals surface area contributed by atoms with Crippen molar-refractivity contribution < 1.29 is 22.7 Å². The predicted molar refractivity (Wildman–Crippen MR) is 94.2 cm³/mol. The fourth-order valence-corrected chi connectivity index (χ4v) is 4.63. The zero-order valence-corrected chi connectivity index (χ0v) is 15.3. The molecule has 1 saturated heterocycles. The van der Waals surface area contributed by atoms with Gasteiger partial charge in [-0.2, -0.15) is 0 Å². The number of carbonyl (C=O) groups is 2. The Kier molecular flexibility index (Phi) is 6.41. The first kappa shape index (κ1) is 19.2. The normalized spacial score (nSPS) is 18.6. The summed E-state index contributed by atoms with van der Waals surface area (Å²) < 4.78 is 28.3. The second-order valence-electron chi connectivity index (χ2n) is 6.16. The lowest BCUT2D eigenvalue weighted by Crippen LogP contribution is -2.46. The molecule has 8 heteroatoms. The number of carbonyl (C=O) groups excluding carboxylic acids is 2. The second-order valence-corrected chi connectivity index (χ2v) is 8.38. The van der Waals surface area contributed by atoms with Gasteiger partial charge in [-0.15, -0.1) is 0 Å². The molecular weight excluding hydrogens is 344 g/mol. The number of methoxy groups -OCH3 is 1. The summed E-state index contributed by atoms with van der Waals surface area (Å²) in [5.74, 6) is 0.184. The Balaban J connectivity index is 1.84. The van der Waals surface area contributed by atoms with Crippen LogP contribution in [0.1, 0.15) is 18.9 Å². The molecule has 1 aliphatic rings. The molecule has 1 N–H and O–H groups in total. The van der Waals surface area contributed by atoms with E-state index in [0.29, 0.717) is 19.4 Å². The number of ether oxygens (including phenoxy) is 1. The monoisotopic (exact) mass is 368 g/mol.